The predicted molar refractivity (Wildman–Crippen MR) is 109 cm³/mol. The first-order valence-electron chi connectivity index (χ1n) is 8.73. The Hall–Kier alpha value is -2.64. The Kier molecular flexibility index (Phi) is 5.93. The summed E-state index contributed by atoms with van der Waals surface area (Å²) < 4.78 is 0. The molecule has 3 N–H and O–H groups in total. The van der Waals surface area contributed by atoms with Crippen molar-refractivity contribution in [2.75, 3.05) is 25.2 Å². The Bertz CT molecular complexity index is 1020. The molecule has 0 fully saturated rings. The molecule has 7 heteroatoms. The Morgan fingerprint density at radius 3 is 2.70 bits per heavy atom. The normalized spacial score (nSPS) is 13.3. The van der Waals surface area contributed by atoms with Crippen LogP contribution in [0.15, 0.2) is 58.2 Å². The molecule has 2 atom stereocenters. The number of aromatic nitrogens is 2. The lowest BCUT2D eigenvalue weighted by Gasteiger charge is -2.21. The number of quaternary nitrogens is 1. The van der Waals surface area contributed by atoms with Crippen molar-refractivity contribution >= 4 is 34.3 Å². The van der Waals surface area contributed by atoms with Gasteiger partial charge in [-0.25, -0.2) is 4.98 Å². The van der Waals surface area contributed by atoms with Gasteiger partial charge in [0.05, 0.1) is 23.6 Å². The largest absolute Gasteiger partial charge is 0.321 e. The number of hydrogen-bond donors (Lipinski definition) is 3. The number of fused-ring (bicyclic) bond motifs is 1. The summed E-state index contributed by atoms with van der Waals surface area (Å²) in [4.78, 5) is 34.1. The van der Waals surface area contributed by atoms with Gasteiger partial charge in [-0.2, -0.15) is 0 Å². The molecule has 0 saturated carbocycles. The lowest BCUT2D eigenvalue weighted by molar-refractivity contribution is -0.902. The van der Waals surface area contributed by atoms with Gasteiger partial charge < -0.3 is 15.2 Å². The topological polar surface area (TPSA) is 79.3 Å². The van der Waals surface area contributed by atoms with Crippen LogP contribution in [-0.2, 0) is 4.79 Å². The van der Waals surface area contributed by atoms with E-state index in [1.54, 1.807) is 17.8 Å². The number of amides is 1. The minimum atomic E-state index is -0.159. The fourth-order valence-corrected chi connectivity index (χ4v) is 3.45. The van der Waals surface area contributed by atoms with Crippen molar-refractivity contribution in [1.82, 2.24) is 9.97 Å². The van der Waals surface area contributed by atoms with E-state index in [2.05, 4.69) is 15.3 Å². The maximum Gasteiger partial charge on any atom is 0.279 e. The summed E-state index contributed by atoms with van der Waals surface area (Å²) >= 11 is 1.59. The number of carbonyl (C=O) groups is 1. The van der Waals surface area contributed by atoms with Gasteiger partial charge in [0.2, 0.25) is 0 Å². The Morgan fingerprint density at radius 1 is 1.22 bits per heavy atom. The average Bonchev–Trinajstić information content (AvgIpc) is 2.67. The number of carbonyl (C=O) groups excluding carboxylic acids is 1. The van der Waals surface area contributed by atoms with E-state index in [0.29, 0.717) is 16.7 Å². The van der Waals surface area contributed by atoms with Gasteiger partial charge in [-0.05, 0) is 37.4 Å². The molecular weight excluding hydrogens is 360 g/mol. The highest BCUT2D eigenvalue weighted by Gasteiger charge is 2.22. The van der Waals surface area contributed by atoms with Crippen LogP contribution in [0.5, 0.6) is 0 Å². The van der Waals surface area contributed by atoms with Gasteiger partial charge in [-0.3, -0.25) is 9.59 Å². The van der Waals surface area contributed by atoms with Crippen molar-refractivity contribution in [3.63, 3.8) is 0 Å². The Morgan fingerprint density at radius 2 is 1.93 bits per heavy atom. The molecule has 0 aliphatic rings. The molecule has 1 aromatic heterocycles. The van der Waals surface area contributed by atoms with Gasteiger partial charge >= 0.3 is 0 Å². The molecule has 140 valence electrons. The Labute approximate surface area is 162 Å². The van der Waals surface area contributed by atoms with Gasteiger partial charge in [0, 0.05) is 4.90 Å². The van der Waals surface area contributed by atoms with Crippen LogP contribution in [0.2, 0.25) is 0 Å². The number of nitrogens with one attached hydrogen (secondary N) is 3. The number of hydrogen-bond acceptors (Lipinski definition) is 4. The molecule has 6 nitrogen and oxygen atoms in total. The van der Waals surface area contributed by atoms with Crippen LogP contribution in [0.4, 0.5) is 5.69 Å². The lowest BCUT2D eigenvalue weighted by atomic mass is 10.2. The molecule has 1 amide bonds. The highest BCUT2D eigenvalue weighted by molar-refractivity contribution is 7.98. The van der Waals surface area contributed by atoms with Gasteiger partial charge in [0.25, 0.3) is 11.5 Å². The monoisotopic (exact) mass is 383 g/mol. The summed E-state index contributed by atoms with van der Waals surface area (Å²) in [7, 11) is 1.92. The first-order valence-corrected chi connectivity index (χ1v) is 9.96. The molecule has 0 spiro atoms. The van der Waals surface area contributed by atoms with Crippen molar-refractivity contribution in [1.29, 1.82) is 0 Å². The van der Waals surface area contributed by atoms with E-state index in [0.717, 1.165) is 15.5 Å². The van der Waals surface area contributed by atoms with E-state index in [9.17, 15) is 9.59 Å². The number of thioether (sulfide) groups is 1. The van der Waals surface area contributed by atoms with Crippen molar-refractivity contribution in [2.45, 2.75) is 17.9 Å². The maximum atomic E-state index is 12.5. The fourth-order valence-electron chi connectivity index (χ4n) is 2.89. The quantitative estimate of drug-likeness (QED) is 0.568. The molecule has 3 aromatic rings. The van der Waals surface area contributed by atoms with Crippen LogP contribution in [0.3, 0.4) is 0 Å². The first-order chi connectivity index (χ1) is 13.0. The second-order valence-corrected chi connectivity index (χ2v) is 7.31. The van der Waals surface area contributed by atoms with Crippen LogP contribution in [-0.4, -0.2) is 35.7 Å². The number of para-hydroxylation sites is 2. The van der Waals surface area contributed by atoms with Crippen LogP contribution in [0, 0.1) is 0 Å². The van der Waals surface area contributed by atoms with Crippen LogP contribution < -0.4 is 15.8 Å². The molecule has 0 aliphatic heterocycles. The zero-order valence-corrected chi connectivity index (χ0v) is 16.4. The van der Waals surface area contributed by atoms with E-state index in [1.807, 2.05) is 62.7 Å². The minimum absolute atomic E-state index is 0.0796. The van der Waals surface area contributed by atoms with Crippen LogP contribution in [0.1, 0.15) is 18.8 Å². The van der Waals surface area contributed by atoms with Gasteiger partial charge in [0.15, 0.2) is 12.4 Å². The van der Waals surface area contributed by atoms with Crippen LogP contribution in [0.25, 0.3) is 10.9 Å². The summed E-state index contributed by atoms with van der Waals surface area (Å²) in [6.45, 7) is 2.21. The second kappa shape index (κ2) is 8.37. The molecule has 1 heterocycles. The van der Waals surface area contributed by atoms with Crippen molar-refractivity contribution in [3.8, 4) is 0 Å². The molecule has 0 bridgehead atoms. The molecule has 27 heavy (non-hydrogen) atoms. The summed E-state index contributed by atoms with van der Waals surface area (Å²) in [5, 5.41) is 3.53. The third-order valence-corrected chi connectivity index (χ3v) is 5.40. The maximum absolute atomic E-state index is 12.5. The number of anilines is 1. The summed E-state index contributed by atoms with van der Waals surface area (Å²) in [5.74, 6) is 0.498. The number of aromatic amines is 1. The number of rotatable bonds is 6. The van der Waals surface area contributed by atoms with Crippen molar-refractivity contribution in [3.05, 3.63) is 64.7 Å². The standard InChI is InChI=1S/C20H22N4O2S/c1-13(19-22-15-9-5-4-8-14(15)20(26)23-19)24(2)12-18(25)21-16-10-6-7-11-17(16)27-3/h4-11,13H,12H2,1-3H3,(H,21,25)(H,22,23,26)/p+1/t13-/m1/s1. The van der Waals surface area contributed by atoms with Crippen LogP contribution >= 0.6 is 11.8 Å². The second-order valence-electron chi connectivity index (χ2n) is 6.46. The highest BCUT2D eigenvalue weighted by Crippen LogP contribution is 2.24. The molecule has 3 rings (SSSR count). The fraction of sp³-hybridized carbons (Fsp3) is 0.250. The third kappa shape index (κ3) is 4.37. The zero-order chi connectivity index (χ0) is 19.4. The number of likely N-dealkylation sites (N-methyl/N-ethyl adjacent to an activating group) is 1. The zero-order valence-electron chi connectivity index (χ0n) is 15.6. The smallest absolute Gasteiger partial charge is 0.279 e. The van der Waals surface area contributed by atoms with E-state index >= 15 is 0 Å². The van der Waals surface area contributed by atoms with Crippen molar-refractivity contribution in [2.24, 2.45) is 0 Å². The van der Waals surface area contributed by atoms with E-state index in [-0.39, 0.29) is 24.1 Å². The van der Waals surface area contributed by atoms with Gasteiger partial charge in [0.1, 0.15) is 6.04 Å². The molecular formula is C20H23N4O2S+. The number of nitrogens with zero attached hydrogens (tertiary/aromatic N) is 1. The SMILES string of the molecule is CSc1ccccc1NC(=O)C[NH+](C)[C@H](C)c1nc2ccccc2c(=O)[nH]1. The van der Waals surface area contributed by atoms with Gasteiger partial charge in [-0.1, -0.05) is 24.3 Å². The van der Waals surface area contributed by atoms with E-state index in [1.165, 1.54) is 0 Å². The van der Waals surface area contributed by atoms with Crippen molar-refractivity contribution < 1.29 is 9.69 Å². The number of benzene rings is 2. The predicted octanol–water partition coefficient (Wildman–Crippen LogP) is 1.86. The minimum Gasteiger partial charge on any atom is -0.321 e. The molecule has 0 radical (unpaired) electrons. The Balaban J connectivity index is 1.73. The third-order valence-electron chi connectivity index (χ3n) is 4.60. The number of H-pyrrole nitrogens is 1. The summed E-state index contributed by atoms with van der Waals surface area (Å²) in [6.07, 6.45) is 1.98. The molecule has 0 saturated heterocycles. The molecule has 0 aliphatic carbocycles. The highest BCUT2D eigenvalue weighted by atomic mass is 32.2. The van der Waals surface area contributed by atoms with E-state index < -0.39 is 0 Å². The average molecular weight is 383 g/mol. The summed E-state index contributed by atoms with van der Waals surface area (Å²) in [6, 6.07) is 14.8. The molecule has 2 aromatic carbocycles. The summed E-state index contributed by atoms with van der Waals surface area (Å²) in [5.41, 5.74) is 1.32. The molecule has 1 unspecified atom stereocenters. The van der Waals surface area contributed by atoms with Gasteiger partial charge in [-0.15, -0.1) is 11.8 Å². The lowest BCUT2D eigenvalue weighted by Crippen LogP contribution is -3.10. The van der Waals surface area contributed by atoms with E-state index in [4.69, 9.17) is 0 Å². The first kappa shape index (κ1) is 19.1.